The maximum atomic E-state index is 5.06. The Kier molecular flexibility index (Phi) is 3.41. The van der Waals surface area contributed by atoms with Crippen molar-refractivity contribution < 1.29 is 4.74 Å². The number of methoxy groups -OCH3 is 1. The van der Waals surface area contributed by atoms with E-state index in [1.165, 1.54) is 0 Å². The summed E-state index contributed by atoms with van der Waals surface area (Å²) < 4.78 is 5.06. The van der Waals surface area contributed by atoms with Crippen LogP contribution in [-0.4, -0.2) is 30.0 Å². The van der Waals surface area contributed by atoms with Gasteiger partial charge in [-0.1, -0.05) is 6.07 Å². The molecule has 86 valence electrons. The fourth-order valence-electron chi connectivity index (χ4n) is 1.73. The van der Waals surface area contributed by atoms with Gasteiger partial charge in [0.1, 0.15) is 0 Å². The SMILES string of the molecule is COCCC(C)Nc1cccc2[nH]ncc12. The van der Waals surface area contributed by atoms with E-state index in [-0.39, 0.29) is 0 Å². The maximum Gasteiger partial charge on any atom is 0.0671 e. The van der Waals surface area contributed by atoms with Gasteiger partial charge >= 0.3 is 0 Å². The summed E-state index contributed by atoms with van der Waals surface area (Å²) >= 11 is 0. The summed E-state index contributed by atoms with van der Waals surface area (Å²) in [5.74, 6) is 0. The fraction of sp³-hybridized carbons (Fsp3) is 0.417. The van der Waals surface area contributed by atoms with E-state index in [0.29, 0.717) is 6.04 Å². The number of rotatable bonds is 5. The molecule has 2 aromatic rings. The lowest BCUT2D eigenvalue weighted by atomic mass is 10.2. The fourth-order valence-corrected chi connectivity index (χ4v) is 1.73. The highest BCUT2D eigenvalue weighted by molar-refractivity contribution is 5.90. The van der Waals surface area contributed by atoms with E-state index in [2.05, 4.69) is 28.5 Å². The summed E-state index contributed by atoms with van der Waals surface area (Å²) in [7, 11) is 1.73. The number of aromatic nitrogens is 2. The molecule has 1 aromatic heterocycles. The van der Waals surface area contributed by atoms with Crippen LogP contribution in [0.5, 0.6) is 0 Å². The maximum absolute atomic E-state index is 5.06. The molecule has 0 fully saturated rings. The van der Waals surface area contributed by atoms with Gasteiger partial charge in [-0.2, -0.15) is 5.10 Å². The quantitative estimate of drug-likeness (QED) is 0.811. The Morgan fingerprint density at radius 3 is 3.19 bits per heavy atom. The van der Waals surface area contributed by atoms with Gasteiger partial charge in [0.05, 0.1) is 11.7 Å². The van der Waals surface area contributed by atoms with Crippen LogP contribution in [0.2, 0.25) is 0 Å². The third-order valence-electron chi connectivity index (χ3n) is 2.64. The summed E-state index contributed by atoms with van der Waals surface area (Å²) in [6.45, 7) is 2.92. The molecule has 0 aliphatic heterocycles. The van der Waals surface area contributed by atoms with Gasteiger partial charge in [-0.05, 0) is 25.5 Å². The van der Waals surface area contributed by atoms with Crippen molar-refractivity contribution in [3.8, 4) is 0 Å². The summed E-state index contributed by atoms with van der Waals surface area (Å²) in [6, 6.07) is 6.50. The van der Waals surface area contributed by atoms with E-state index >= 15 is 0 Å². The molecule has 0 saturated carbocycles. The molecule has 0 bridgehead atoms. The van der Waals surface area contributed by atoms with Crippen LogP contribution in [0.4, 0.5) is 5.69 Å². The summed E-state index contributed by atoms with van der Waals surface area (Å²) in [4.78, 5) is 0. The van der Waals surface area contributed by atoms with E-state index in [0.717, 1.165) is 29.6 Å². The molecule has 4 heteroatoms. The number of fused-ring (bicyclic) bond motifs is 1. The highest BCUT2D eigenvalue weighted by Crippen LogP contribution is 2.21. The Hall–Kier alpha value is -1.55. The van der Waals surface area contributed by atoms with Gasteiger partial charge < -0.3 is 10.1 Å². The first kappa shape index (κ1) is 11.0. The van der Waals surface area contributed by atoms with E-state index < -0.39 is 0 Å². The number of hydrogen-bond donors (Lipinski definition) is 2. The van der Waals surface area contributed by atoms with E-state index in [4.69, 9.17) is 4.74 Å². The normalized spacial score (nSPS) is 12.9. The van der Waals surface area contributed by atoms with Crippen molar-refractivity contribution in [2.24, 2.45) is 0 Å². The lowest BCUT2D eigenvalue weighted by Gasteiger charge is -2.15. The molecule has 2 N–H and O–H groups in total. The molecular formula is C12H17N3O. The number of H-pyrrole nitrogens is 1. The standard InChI is InChI=1S/C12H17N3O/c1-9(6-7-16-2)14-11-4-3-5-12-10(11)8-13-15-12/h3-5,8-9,14H,6-7H2,1-2H3,(H,13,15). The van der Waals surface area contributed by atoms with E-state index in [9.17, 15) is 0 Å². The van der Waals surface area contributed by atoms with E-state index in [1.54, 1.807) is 7.11 Å². The van der Waals surface area contributed by atoms with Gasteiger partial charge in [-0.3, -0.25) is 5.10 Å². The third kappa shape index (κ3) is 2.33. The zero-order valence-corrected chi connectivity index (χ0v) is 9.66. The van der Waals surface area contributed by atoms with Crippen LogP contribution in [0.25, 0.3) is 10.9 Å². The number of nitrogens with one attached hydrogen (secondary N) is 2. The minimum Gasteiger partial charge on any atom is -0.385 e. The highest BCUT2D eigenvalue weighted by atomic mass is 16.5. The van der Waals surface area contributed by atoms with Crippen molar-refractivity contribution in [1.29, 1.82) is 0 Å². The first-order valence-electron chi connectivity index (χ1n) is 5.49. The second-order valence-electron chi connectivity index (χ2n) is 3.96. The minimum absolute atomic E-state index is 0.389. The summed E-state index contributed by atoms with van der Waals surface area (Å²) in [5, 5.41) is 11.6. The molecule has 1 heterocycles. The number of ether oxygens (including phenoxy) is 1. The van der Waals surface area contributed by atoms with Crippen LogP contribution < -0.4 is 5.32 Å². The molecule has 0 aliphatic carbocycles. The number of anilines is 1. The van der Waals surface area contributed by atoms with Gasteiger partial charge in [0.25, 0.3) is 0 Å². The predicted octanol–water partition coefficient (Wildman–Crippen LogP) is 2.40. The Bertz CT molecular complexity index is 452. The van der Waals surface area contributed by atoms with Gasteiger partial charge in [0, 0.05) is 30.8 Å². The molecule has 1 aromatic carbocycles. The predicted molar refractivity (Wildman–Crippen MR) is 65.7 cm³/mol. The lowest BCUT2D eigenvalue weighted by molar-refractivity contribution is 0.191. The third-order valence-corrected chi connectivity index (χ3v) is 2.64. The zero-order valence-electron chi connectivity index (χ0n) is 9.66. The molecule has 1 unspecified atom stereocenters. The van der Waals surface area contributed by atoms with Gasteiger partial charge in [0.2, 0.25) is 0 Å². The van der Waals surface area contributed by atoms with Crippen molar-refractivity contribution >= 4 is 16.6 Å². The molecule has 0 saturated heterocycles. The van der Waals surface area contributed by atoms with Crippen molar-refractivity contribution in [1.82, 2.24) is 10.2 Å². The lowest BCUT2D eigenvalue weighted by Crippen LogP contribution is -2.17. The van der Waals surface area contributed by atoms with Crippen molar-refractivity contribution in [3.63, 3.8) is 0 Å². The van der Waals surface area contributed by atoms with Crippen LogP contribution in [-0.2, 0) is 4.74 Å². The Morgan fingerprint density at radius 1 is 1.50 bits per heavy atom. The molecule has 16 heavy (non-hydrogen) atoms. The number of benzene rings is 1. The molecule has 1 atom stereocenters. The minimum atomic E-state index is 0.389. The largest absolute Gasteiger partial charge is 0.385 e. The molecule has 0 spiro atoms. The molecule has 0 aliphatic rings. The summed E-state index contributed by atoms with van der Waals surface area (Å²) in [5.41, 5.74) is 2.18. The first-order valence-corrected chi connectivity index (χ1v) is 5.49. The average Bonchev–Trinajstić information content (AvgIpc) is 2.75. The van der Waals surface area contributed by atoms with Crippen LogP contribution >= 0.6 is 0 Å². The van der Waals surface area contributed by atoms with Gasteiger partial charge in [-0.15, -0.1) is 0 Å². The second-order valence-corrected chi connectivity index (χ2v) is 3.96. The first-order chi connectivity index (χ1) is 7.81. The van der Waals surface area contributed by atoms with Crippen LogP contribution in [0, 0.1) is 0 Å². The molecular weight excluding hydrogens is 202 g/mol. The average molecular weight is 219 g/mol. The van der Waals surface area contributed by atoms with Crippen molar-refractivity contribution in [3.05, 3.63) is 24.4 Å². The number of aromatic amines is 1. The zero-order chi connectivity index (χ0) is 11.4. The van der Waals surface area contributed by atoms with Crippen LogP contribution in [0.3, 0.4) is 0 Å². The number of nitrogens with zero attached hydrogens (tertiary/aromatic N) is 1. The van der Waals surface area contributed by atoms with Crippen LogP contribution in [0.1, 0.15) is 13.3 Å². The Balaban J connectivity index is 2.11. The summed E-state index contributed by atoms with van der Waals surface area (Å²) in [6.07, 6.45) is 2.84. The molecule has 0 amide bonds. The monoisotopic (exact) mass is 219 g/mol. The Labute approximate surface area is 95.0 Å². The molecule has 0 radical (unpaired) electrons. The van der Waals surface area contributed by atoms with Crippen molar-refractivity contribution in [2.75, 3.05) is 19.0 Å². The topological polar surface area (TPSA) is 49.9 Å². The number of hydrogen-bond acceptors (Lipinski definition) is 3. The smallest absolute Gasteiger partial charge is 0.0671 e. The Morgan fingerprint density at radius 2 is 2.38 bits per heavy atom. The molecule has 4 nitrogen and oxygen atoms in total. The van der Waals surface area contributed by atoms with Gasteiger partial charge in [-0.25, -0.2) is 0 Å². The highest BCUT2D eigenvalue weighted by Gasteiger charge is 2.05. The van der Waals surface area contributed by atoms with E-state index in [1.807, 2.05) is 18.3 Å². The second kappa shape index (κ2) is 4.99. The van der Waals surface area contributed by atoms with Crippen molar-refractivity contribution in [2.45, 2.75) is 19.4 Å². The van der Waals surface area contributed by atoms with Crippen LogP contribution in [0.15, 0.2) is 24.4 Å². The van der Waals surface area contributed by atoms with Gasteiger partial charge in [0.15, 0.2) is 0 Å². The molecule has 2 rings (SSSR count).